The van der Waals surface area contributed by atoms with Gasteiger partial charge >= 0.3 is 6.03 Å². The van der Waals surface area contributed by atoms with Crippen LogP contribution in [0, 0.1) is 12.8 Å². The maximum atomic E-state index is 13.1. The number of fused-ring (bicyclic) bond motifs is 2. The monoisotopic (exact) mass is 388 g/mol. The summed E-state index contributed by atoms with van der Waals surface area (Å²) in [6.45, 7) is 6.52. The van der Waals surface area contributed by atoms with Gasteiger partial charge in [0.05, 0.1) is 5.39 Å². The van der Waals surface area contributed by atoms with E-state index >= 15 is 0 Å². The summed E-state index contributed by atoms with van der Waals surface area (Å²) in [7, 11) is 0. The molecule has 2 aliphatic rings. The predicted molar refractivity (Wildman–Crippen MR) is 110 cm³/mol. The normalized spacial score (nSPS) is 20.8. The number of carbonyl (C=O) groups is 1. The van der Waals surface area contributed by atoms with Crippen molar-refractivity contribution in [3.63, 3.8) is 0 Å². The molecule has 0 aliphatic carbocycles. The molecule has 7 heteroatoms. The van der Waals surface area contributed by atoms with E-state index in [-0.39, 0.29) is 11.6 Å². The molecule has 1 fully saturated rings. The molecule has 1 saturated heterocycles. The molecule has 2 amide bonds. The van der Waals surface area contributed by atoms with Crippen LogP contribution in [0.1, 0.15) is 56.8 Å². The van der Waals surface area contributed by atoms with E-state index in [2.05, 4.69) is 12.2 Å². The number of thiophene rings is 1. The van der Waals surface area contributed by atoms with E-state index in [0.29, 0.717) is 11.3 Å². The van der Waals surface area contributed by atoms with Gasteiger partial charge < -0.3 is 4.90 Å². The summed E-state index contributed by atoms with van der Waals surface area (Å²) < 4.78 is 1.85. The number of hydrogen-bond donors (Lipinski definition) is 1. The minimum atomic E-state index is -0.0537. The number of nitrogens with one attached hydrogen (secondary N) is 1. The van der Waals surface area contributed by atoms with Crippen LogP contribution in [0.15, 0.2) is 4.79 Å². The minimum absolute atomic E-state index is 0.0492. The Kier molecular flexibility index (Phi) is 5.21. The number of likely N-dealkylation sites (tertiary alicyclic amines) is 1. The molecule has 27 heavy (non-hydrogen) atoms. The van der Waals surface area contributed by atoms with Crippen LogP contribution in [-0.2, 0) is 13.0 Å². The van der Waals surface area contributed by atoms with E-state index in [1.165, 1.54) is 24.2 Å². The van der Waals surface area contributed by atoms with Crippen molar-refractivity contribution >= 4 is 32.6 Å². The third-order valence-corrected chi connectivity index (χ3v) is 7.05. The zero-order valence-corrected chi connectivity index (χ0v) is 17.0. The molecule has 0 bridgehead atoms. The van der Waals surface area contributed by atoms with Gasteiger partial charge in [-0.25, -0.2) is 9.78 Å². The van der Waals surface area contributed by atoms with Crippen molar-refractivity contribution in [1.29, 1.82) is 0 Å². The van der Waals surface area contributed by atoms with Crippen LogP contribution in [0.5, 0.6) is 0 Å². The Morgan fingerprint density at radius 1 is 1.15 bits per heavy atom. The number of carbonyl (C=O) groups excluding carboxylic acids is 1. The Morgan fingerprint density at radius 2 is 1.89 bits per heavy atom. The highest BCUT2D eigenvalue weighted by Crippen LogP contribution is 2.33. The van der Waals surface area contributed by atoms with Gasteiger partial charge in [0.2, 0.25) is 0 Å². The molecule has 0 spiro atoms. The quantitative estimate of drug-likeness (QED) is 0.798. The highest BCUT2D eigenvalue weighted by atomic mass is 32.1. The van der Waals surface area contributed by atoms with Gasteiger partial charge in [-0.2, -0.15) is 0 Å². The van der Waals surface area contributed by atoms with Crippen molar-refractivity contribution in [2.24, 2.45) is 5.92 Å². The molecule has 0 aromatic carbocycles. The van der Waals surface area contributed by atoms with Gasteiger partial charge in [-0.1, -0.05) is 31.1 Å². The van der Waals surface area contributed by atoms with Crippen LogP contribution >= 0.6 is 11.3 Å². The lowest BCUT2D eigenvalue weighted by molar-refractivity contribution is 0.214. The maximum absolute atomic E-state index is 13.1. The third kappa shape index (κ3) is 3.61. The highest BCUT2D eigenvalue weighted by molar-refractivity contribution is 7.22. The van der Waals surface area contributed by atoms with Crippen molar-refractivity contribution in [1.82, 2.24) is 14.5 Å². The molecular formula is C20H28N4O2S. The van der Waals surface area contributed by atoms with Crippen molar-refractivity contribution < 1.29 is 4.79 Å². The minimum Gasteiger partial charge on any atom is -0.325 e. The first kappa shape index (κ1) is 18.5. The summed E-state index contributed by atoms with van der Waals surface area (Å²) in [6, 6.07) is -0.0537. The summed E-state index contributed by atoms with van der Waals surface area (Å²) in [5, 5.41) is 4.48. The van der Waals surface area contributed by atoms with E-state index in [1.807, 2.05) is 16.4 Å². The standard InChI is InChI=1S/C20H28N4O2S/c1-13-7-8-15-21-18-16(19(25)24(15)12-9-13)14(2)17(27-18)22-20(26)23-10-5-3-4-6-11-23/h13H,3-12H2,1-2H3,(H,22,26)/t13-/m1/s1. The van der Waals surface area contributed by atoms with E-state index in [9.17, 15) is 9.59 Å². The molecule has 146 valence electrons. The van der Waals surface area contributed by atoms with Gasteiger partial charge in [0, 0.05) is 26.1 Å². The van der Waals surface area contributed by atoms with Crippen molar-refractivity contribution in [3.05, 3.63) is 21.7 Å². The van der Waals surface area contributed by atoms with Crippen LogP contribution in [0.4, 0.5) is 9.80 Å². The second-order valence-electron chi connectivity index (χ2n) is 7.99. The summed E-state index contributed by atoms with van der Waals surface area (Å²) in [4.78, 5) is 33.3. The lowest BCUT2D eigenvalue weighted by atomic mass is 10.0. The molecule has 6 nitrogen and oxygen atoms in total. The van der Waals surface area contributed by atoms with Gasteiger partial charge in [-0.3, -0.25) is 14.7 Å². The second-order valence-corrected chi connectivity index (χ2v) is 8.98. The fourth-order valence-electron chi connectivity index (χ4n) is 4.12. The van der Waals surface area contributed by atoms with Crippen LogP contribution in [0.2, 0.25) is 0 Å². The average molecular weight is 389 g/mol. The molecule has 1 N–H and O–H groups in total. The fraction of sp³-hybridized carbons (Fsp3) is 0.650. The zero-order chi connectivity index (χ0) is 19.0. The first-order chi connectivity index (χ1) is 13.0. The third-order valence-electron chi connectivity index (χ3n) is 5.95. The van der Waals surface area contributed by atoms with Crippen molar-refractivity contribution in [2.45, 2.75) is 65.3 Å². The number of rotatable bonds is 1. The van der Waals surface area contributed by atoms with Gasteiger partial charge in [0.25, 0.3) is 5.56 Å². The summed E-state index contributed by atoms with van der Waals surface area (Å²) in [5.41, 5.74) is 0.899. The topological polar surface area (TPSA) is 67.2 Å². The average Bonchev–Trinajstić information content (AvgIpc) is 2.86. The molecule has 4 rings (SSSR count). The molecule has 0 unspecified atom stereocenters. The Balaban J connectivity index is 1.65. The van der Waals surface area contributed by atoms with E-state index < -0.39 is 0 Å². The molecule has 2 aromatic rings. The molecule has 2 aromatic heterocycles. The first-order valence-electron chi connectivity index (χ1n) is 10.1. The summed E-state index contributed by atoms with van der Waals surface area (Å²) >= 11 is 1.43. The number of aromatic nitrogens is 2. The van der Waals surface area contributed by atoms with Crippen molar-refractivity contribution in [2.75, 3.05) is 18.4 Å². The fourth-order valence-corrected chi connectivity index (χ4v) is 5.20. The van der Waals surface area contributed by atoms with Crippen LogP contribution in [0.3, 0.4) is 0 Å². The molecule has 0 radical (unpaired) electrons. The smallest absolute Gasteiger partial charge is 0.322 e. The Labute approximate surface area is 163 Å². The number of hydrogen-bond acceptors (Lipinski definition) is 4. The molecule has 0 saturated carbocycles. The van der Waals surface area contributed by atoms with Crippen molar-refractivity contribution in [3.8, 4) is 0 Å². The Bertz CT molecular complexity index is 909. The van der Waals surface area contributed by atoms with Crippen LogP contribution in [0.25, 0.3) is 10.2 Å². The highest BCUT2D eigenvalue weighted by Gasteiger charge is 2.23. The molecule has 4 heterocycles. The Morgan fingerprint density at radius 3 is 2.63 bits per heavy atom. The van der Waals surface area contributed by atoms with Crippen LogP contribution < -0.4 is 10.9 Å². The largest absolute Gasteiger partial charge is 0.325 e. The number of aryl methyl sites for hydroxylation is 2. The Hall–Kier alpha value is -1.89. The number of urea groups is 1. The van der Waals surface area contributed by atoms with Gasteiger partial charge in [-0.15, -0.1) is 0 Å². The number of anilines is 1. The van der Waals surface area contributed by atoms with Gasteiger partial charge in [-0.05, 0) is 44.1 Å². The second kappa shape index (κ2) is 7.62. The maximum Gasteiger partial charge on any atom is 0.322 e. The molecular weight excluding hydrogens is 360 g/mol. The van der Waals surface area contributed by atoms with E-state index in [1.54, 1.807) is 0 Å². The van der Waals surface area contributed by atoms with Gasteiger partial charge in [0.1, 0.15) is 15.7 Å². The number of amides is 2. The lowest BCUT2D eigenvalue weighted by Gasteiger charge is -2.20. The van der Waals surface area contributed by atoms with E-state index in [4.69, 9.17) is 4.98 Å². The predicted octanol–water partition coefficient (Wildman–Crippen LogP) is 4.15. The summed E-state index contributed by atoms with van der Waals surface area (Å²) in [5.74, 6) is 1.51. The molecule has 2 aliphatic heterocycles. The van der Waals surface area contributed by atoms with E-state index in [0.717, 1.165) is 73.0 Å². The van der Waals surface area contributed by atoms with Gasteiger partial charge in [0.15, 0.2) is 0 Å². The number of nitrogens with zero attached hydrogens (tertiary/aromatic N) is 3. The summed E-state index contributed by atoms with van der Waals surface area (Å²) in [6.07, 6.45) is 7.44. The molecule has 1 atom stereocenters. The lowest BCUT2D eigenvalue weighted by Crippen LogP contribution is -2.35. The SMILES string of the molecule is Cc1c(NC(=O)N2CCCCCC2)sc2nc3n(c(=O)c12)CC[C@H](C)CC3. The zero-order valence-electron chi connectivity index (χ0n) is 16.2. The first-order valence-corrected chi connectivity index (χ1v) is 10.9. The van der Waals surface area contributed by atoms with Crippen LogP contribution in [-0.4, -0.2) is 33.6 Å².